The van der Waals surface area contributed by atoms with E-state index in [2.05, 4.69) is 16.0 Å². The minimum atomic E-state index is -4.46. The lowest BCUT2D eigenvalue weighted by Crippen LogP contribution is -2.43. The maximum atomic E-state index is 13.5. The van der Waals surface area contributed by atoms with Gasteiger partial charge in [-0.1, -0.05) is 30.3 Å². The first kappa shape index (κ1) is 26.9. The zero-order valence-electron chi connectivity index (χ0n) is 21.0. The van der Waals surface area contributed by atoms with E-state index in [1.165, 1.54) is 12.1 Å². The van der Waals surface area contributed by atoms with Crippen LogP contribution in [-0.4, -0.2) is 56.5 Å². The van der Waals surface area contributed by atoms with E-state index in [9.17, 15) is 22.8 Å². The standard InChI is InChI=1S/C27H33F3N4O3/c1-34(2)13-12-31-23(35)15-24(36)32-16-19-9-10-20-25(17-6-4-3-5-7-17)33-22-11-8-18(27(28,29)30)14-21(22)26(20)37-19/h3-8,11,14,19-20,25-26,33H,9-10,12-13,15-16H2,1-2H3,(H,31,35)(H,32,36)/t19-,20+,25+,26+/m1/s1. The third-order valence-corrected chi connectivity index (χ3v) is 6.86. The normalized spacial score (nSPS) is 23.0. The van der Waals surface area contributed by atoms with Gasteiger partial charge in [-0.2, -0.15) is 13.2 Å². The highest BCUT2D eigenvalue weighted by atomic mass is 19.4. The predicted molar refractivity (Wildman–Crippen MR) is 134 cm³/mol. The molecule has 0 saturated carbocycles. The third kappa shape index (κ3) is 6.81. The number of fused-ring (bicyclic) bond motifs is 3. The molecule has 3 N–H and O–H groups in total. The Hall–Kier alpha value is -3.11. The first-order valence-electron chi connectivity index (χ1n) is 12.5. The summed E-state index contributed by atoms with van der Waals surface area (Å²) in [6.07, 6.45) is -4.35. The van der Waals surface area contributed by atoms with E-state index in [1.54, 1.807) is 0 Å². The van der Waals surface area contributed by atoms with Crippen molar-refractivity contribution in [3.05, 3.63) is 65.2 Å². The molecule has 2 heterocycles. The number of rotatable bonds is 8. The second-order valence-corrected chi connectivity index (χ2v) is 9.89. The summed E-state index contributed by atoms with van der Waals surface area (Å²) in [5, 5.41) is 8.88. The molecule has 1 fully saturated rings. The third-order valence-electron chi connectivity index (χ3n) is 6.86. The minimum absolute atomic E-state index is 0.0761. The van der Waals surface area contributed by atoms with Gasteiger partial charge >= 0.3 is 6.18 Å². The predicted octanol–water partition coefficient (Wildman–Crippen LogP) is 3.89. The Kier molecular flexibility index (Phi) is 8.39. The number of likely N-dealkylation sites (N-methyl/N-ethyl adjacent to an activating group) is 1. The van der Waals surface area contributed by atoms with Crippen LogP contribution in [0.15, 0.2) is 48.5 Å². The van der Waals surface area contributed by atoms with Crippen molar-refractivity contribution in [3.8, 4) is 0 Å². The van der Waals surface area contributed by atoms with Crippen LogP contribution in [0, 0.1) is 5.92 Å². The van der Waals surface area contributed by atoms with E-state index >= 15 is 0 Å². The lowest BCUT2D eigenvalue weighted by atomic mass is 9.76. The molecule has 0 radical (unpaired) electrons. The number of nitrogens with zero attached hydrogens (tertiary/aromatic N) is 1. The molecule has 4 rings (SSSR count). The van der Waals surface area contributed by atoms with Crippen molar-refractivity contribution in [1.82, 2.24) is 15.5 Å². The van der Waals surface area contributed by atoms with E-state index < -0.39 is 23.8 Å². The molecule has 4 atom stereocenters. The van der Waals surface area contributed by atoms with Crippen LogP contribution in [0.25, 0.3) is 0 Å². The van der Waals surface area contributed by atoms with Gasteiger partial charge in [-0.3, -0.25) is 9.59 Å². The molecule has 0 spiro atoms. The molecule has 2 aliphatic heterocycles. The van der Waals surface area contributed by atoms with Crippen molar-refractivity contribution >= 4 is 17.5 Å². The van der Waals surface area contributed by atoms with Crippen molar-refractivity contribution in [2.24, 2.45) is 5.92 Å². The average molecular weight is 519 g/mol. The second-order valence-electron chi connectivity index (χ2n) is 9.89. The molecule has 0 unspecified atom stereocenters. The zero-order valence-corrected chi connectivity index (χ0v) is 21.0. The van der Waals surface area contributed by atoms with E-state index in [-0.39, 0.29) is 36.9 Å². The largest absolute Gasteiger partial charge is 0.416 e. The Bertz CT molecular complexity index is 1090. The van der Waals surface area contributed by atoms with Gasteiger partial charge in [0.05, 0.1) is 23.8 Å². The van der Waals surface area contributed by atoms with Crippen LogP contribution in [0.3, 0.4) is 0 Å². The van der Waals surface area contributed by atoms with Gasteiger partial charge < -0.3 is 25.6 Å². The van der Waals surface area contributed by atoms with Crippen molar-refractivity contribution in [2.75, 3.05) is 39.0 Å². The molecule has 2 amide bonds. The lowest BCUT2D eigenvalue weighted by Gasteiger charge is -2.46. The molecule has 0 aliphatic carbocycles. The van der Waals surface area contributed by atoms with Crippen LogP contribution in [0.1, 0.15) is 48.1 Å². The van der Waals surface area contributed by atoms with Crippen LogP contribution in [0.2, 0.25) is 0 Å². The number of hydrogen-bond donors (Lipinski definition) is 3. The van der Waals surface area contributed by atoms with Gasteiger partial charge in [0.1, 0.15) is 6.42 Å². The fraction of sp³-hybridized carbons (Fsp3) is 0.481. The molecule has 10 heteroatoms. The molecular weight excluding hydrogens is 485 g/mol. The van der Waals surface area contributed by atoms with Crippen LogP contribution in [0.5, 0.6) is 0 Å². The van der Waals surface area contributed by atoms with Crippen molar-refractivity contribution < 1.29 is 27.5 Å². The summed E-state index contributed by atoms with van der Waals surface area (Å²) >= 11 is 0. The Morgan fingerprint density at radius 3 is 2.49 bits per heavy atom. The van der Waals surface area contributed by atoms with Crippen LogP contribution >= 0.6 is 0 Å². The number of carbonyl (C=O) groups excluding carboxylic acids is 2. The highest BCUT2D eigenvalue weighted by Gasteiger charge is 2.43. The van der Waals surface area contributed by atoms with Gasteiger partial charge in [0.2, 0.25) is 11.8 Å². The fourth-order valence-corrected chi connectivity index (χ4v) is 4.99. The van der Waals surface area contributed by atoms with Crippen molar-refractivity contribution in [2.45, 2.75) is 43.7 Å². The molecule has 200 valence electrons. The van der Waals surface area contributed by atoms with E-state index in [0.29, 0.717) is 37.2 Å². The SMILES string of the molecule is CN(C)CCNC(=O)CC(=O)NC[C@H]1CC[C@@H]2[C@H](O1)c1cc(C(F)(F)F)ccc1N[C@H]2c1ccccc1. The number of nitrogens with one attached hydrogen (secondary N) is 3. The number of ether oxygens (including phenoxy) is 1. The summed E-state index contributed by atoms with van der Waals surface area (Å²) in [7, 11) is 3.78. The number of benzene rings is 2. The van der Waals surface area contributed by atoms with Gasteiger partial charge in [-0.25, -0.2) is 0 Å². The van der Waals surface area contributed by atoms with Gasteiger partial charge in [0.15, 0.2) is 0 Å². The van der Waals surface area contributed by atoms with Crippen LogP contribution < -0.4 is 16.0 Å². The van der Waals surface area contributed by atoms with E-state index in [1.807, 2.05) is 49.3 Å². The maximum Gasteiger partial charge on any atom is 0.416 e. The van der Waals surface area contributed by atoms with Crippen LogP contribution in [0.4, 0.5) is 18.9 Å². The Morgan fingerprint density at radius 1 is 1.05 bits per heavy atom. The Morgan fingerprint density at radius 2 is 1.78 bits per heavy atom. The van der Waals surface area contributed by atoms with E-state index in [0.717, 1.165) is 11.6 Å². The van der Waals surface area contributed by atoms with Gasteiger partial charge in [-0.15, -0.1) is 0 Å². The molecule has 0 bridgehead atoms. The van der Waals surface area contributed by atoms with Crippen molar-refractivity contribution in [3.63, 3.8) is 0 Å². The van der Waals surface area contributed by atoms with Gasteiger partial charge in [0.25, 0.3) is 0 Å². The van der Waals surface area contributed by atoms with Gasteiger partial charge in [-0.05, 0) is 50.7 Å². The summed E-state index contributed by atoms with van der Waals surface area (Å²) in [6.45, 7) is 1.30. The molecular formula is C27H33F3N4O3. The summed E-state index contributed by atoms with van der Waals surface area (Å²) in [5.41, 5.74) is 1.41. The maximum absolute atomic E-state index is 13.5. The summed E-state index contributed by atoms with van der Waals surface area (Å²) in [4.78, 5) is 26.2. The minimum Gasteiger partial charge on any atom is -0.378 e. The number of amides is 2. The molecule has 37 heavy (non-hydrogen) atoms. The number of alkyl halides is 3. The van der Waals surface area contributed by atoms with Crippen molar-refractivity contribution in [1.29, 1.82) is 0 Å². The first-order chi connectivity index (χ1) is 17.6. The molecule has 7 nitrogen and oxygen atoms in total. The number of hydrogen-bond acceptors (Lipinski definition) is 5. The quantitative estimate of drug-likeness (QED) is 0.462. The average Bonchev–Trinajstić information content (AvgIpc) is 2.86. The monoisotopic (exact) mass is 518 g/mol. The summed E-state index contributed by atoms with van der Waals surface area (Å²) in [6, 6.07) is 13.4. The fourth-order valence-electron chi connectivity index (χ4n) is 4.99. The van der Waals surface area contributed by atoms with Crippen LogP contribution in [-0.2, 0) is 20.5 Å². The zero-order chi connectivity index (χ0) is 26.6. The molecule has 2 aliphatic rings. The number of anilines is 1. The molecule has 2 aromatic carbocycles. The lowest BCUT2D eigenvalue weighted by molar-refractivity contribution is -0.138. The Balaban J connectivity index is 1.45. The van der Waals surface area contributed by atoms with E-state index in [4.69, 9.17) is 4.74 Å². The highest BCUT2D eigenvalue weighted by Crippen LogP contribution is 2.51. The molecule has 2 aromatic rings. The van der Waals surface area contributed by atoms with Gasteiger partial charge in [0, 0.05) is 36.8 Å². The first-order valence-corrected chi connectivity index (χ1v) is 12.5. The second kappa shape index (κ2) is 11.5. The Labute approximate surface area is 214 Å². The number of halogens is 3. The number of carbonyl (C=O) groups is 2. The summed E-state index contributed by atoms with van der Waals surface area (Å²) in [5.74, 6) is -0.852. The molecule has 0 aromatic heterocycles. The highest BCUT2D eigenvalue weighted by molar-refractivity contribution is 5.96. The smallest absolute Gasteiger partial charge is 0.378 e. The summed E-state index contributed by atoms with van der Waals surface area (Å²) < 4.78 is 46.8. The molecule has 1 saturated heterocycles. The topological polar surface area (TPSA) is 82.7 Å².